The first-order valence-electron chi connectivity index (χ1n) is 6.28. The number of carbonyl (C=O) groups is 1. The Labute approximate surface area is 96.6 Å². The first kappa shape index (κ1) is 11.9. The molecule has 0 aliphatic carbocycles. The van der Waals surface area contributed by atoms with E-state index in [0.717, 1.165) is 38.8 Å². The Morgan fingerprint density at radius 1 is 1.50 bits per heavy atom. The highest BCUT2D eigenvalue weighted by atomic mass is 16.5. The summed E-state index contributed by atoms with van der Waals surface area (Å²) in [6.45, 7) is 4.56. The molecule has 4 nitrogen and oxygen atoms in total. The molecule has 2 fully saturated rings. The molecule has 0 bridgehead atoms. The van der Waals surface area contributed by atoms with Gasteiger partial charge in [-0.1, -0.05) is 13.3 Å². The van der Waals surface area contributed by atoms with Crippen LogP contribution in [0.5, 0.6) is 0 Å². The Hall–Kier alpha value is -0.610. The molecule has 0 aromatic carbocycles. The molecule has 4 heteroatoms. The molecule has 0 saturated carbocycles. The van der Waals surface area contributed by atoms with Crippen LogP contribution in [-0.4, -0.2) is 47.8 Å². The Balaban J connectivity index is 2.02. The highest BCUT2D eigenvalue weighted by molar-refractivity contribution is 5.73. The van der Waals surface area contributed by atoms with Crippen LogP contribution in [0.25, 0.3) is 0 Å². The molecule has 16 heavy (non-hydrogen) atoms. The number of aliphatic carboxylic acids is 1. The van der Waals surface area contributed by atoms with Gasteiger partial charge in [-0.25, -0.2) is 0 Å². The molecular weight excluding hydrogens is 206 g/mol. The minimum Gasteiger partial charge on any atom is -0.480 e. The van der Waals surface area contributed by atoms with E-state index in [0.29, 0.717) is 18.6 Å². The number of rotatable bonds is 3. The number of likely N-dealkylation sites (tertiary alicyclic amines) is 1. The zero-order valence-electron chi connectivity index (χ0n) is 9.89. The fourth-order valence-corrected chi connectivity index (χ4v) is 2.89. The van der Waals surface area contributed by atoms with Gasteiger partial charge in [0, 0.05) is 12.6 Å². The van der Waals surface area contributed by atoms with Crippen LogP contribution in [0.1, 0.15) is 32.6 Å². The second kappa shape index (κ2) is 5.15. The lowest BCUT2D eigenvalue weighted by Gasteiger charge is -2.40. The predicted octanol–water partition coefficient (Wildman–Crippen LogP) is 1.35. The normalized spacial score (nSPS) is 36.4. The first-order valence-corrected chi connectivity index (χ1v) is 6.28. The second-order valence-corrected chi connectivity index (χ2v) is 4.91. The molecular formula is C12H21NO3. The molecule has 0 amide bonds. The van der Waals surface area contributed by atoms with Gasteiger partial charge >= 0.3 is 5.97 Å². The summed E-state index contributed by atoms with van der Waals surface area (Å²) in [5.74, 6) is -0.0790. The zero-order chi connectivity index (χ0) is 11.5. The smallest absolute Gasteiger partial charge is 0.320 e. The molecule has 0 radical (unpaired) electrons. The van der Waals surface area contributed by atoms with Gasteiger partial charge in [-0.15, -0.1) is 0 Å². The fourth-order valence-electron chi connectivity index (χ4n) is 2.89. The van der Waals surface area contributed by atoms with Crippen molar-refractivity contribution in [2.75, 3.05) is 19.8 Å². The number of ether oxygens (including phenoxy) is 1. The van der Waals surface area contributed by atoms with Crippen LogP contribution < -0.4 is 0 Å². The summed E-state index contributed by atoms with van der Waals surface area (Å²) in [6.07, 6.45) is 4.03. The Bertz CT molecular complexity index is 251. The number of hydrogen-bond acceptors (Lipinski definition) is 3. The van der Waals surface area contributed by atoms with Crippen molar-refractivity contribution in [1.29, 1.82) is 0 Å². The van der Waals surface area contributed by atoms with E-state index in [4.69, 9.17) is 4.74 Å². The van der Waals surface area contributed by atoms with Gasteiger partial charge in [0.2, 0.25) is 0 Å². The van der Waals surface area contributed by atoms with Crippen LogP contribution in [0, 0.1) is 5.92 Å². The van der Waals surface area contributed by atoms with Crippen molar-refractivity contribution in [3.8, 4) is 0 Å². The molecule has 0 aromatic rings. The lowest BCUT2D eigenvalue weighted by atomic mass is 9.88. The predicted molar refractivity (Wildman–Crippen MR) is 60.4 cm³/mol. The van der Waals surface area contributed by atoms with Crippen molar-refractivity contribution < 1.29 is 14.6 Å². The molecule has 2 aliphatic heterocycles. The van der Waals surface area contributed by atoms with Crippen LogP contribution >= 0.6 is 0 Å². The van der Waals surface area contributed by atoms with Gasteiger partial charge in [0.05, 0.1) is 6.61 Å². The largest absolute Gasteiger partial charge is 0.480 e. The first-order chi connectivity index (χ1) is 7.72. The molecule has 92 valence electrons. The standard InChI is InChI=1S/C12H21NO3/c1-2-9-3-5-13(10-4-6-16-8-10)11(7-9)12(14)15/h9-11H,2-8H2,1H3,(H,14,15). The second-order valence-electron chi connectivity index (χ2n) is 4.91. The molecule has 3 atom stereocenters. The number of piperidine rings is 1. The van der Waals surface area contributed by atoms with Gasteiger partial charge in [0.15, 0.2) is 0 Å². The lowest BCUT2D eigenvalue weighted by Crippen LogP contribution is -2.52. The van der Waals surface area contributed by atoms with Gasteiger partial charge in [-0.2, -0.15) is 0 Å². The van der Waals surface area contributed by atoms with Crippen molar-refractivity contribution in [1.82, 2.24) is 4.90 Å². The quantitative estimate of drug-likeness (QED) is 0.790. The number of hydrogen-bond donors (Lipinski definition) is 1. The summed E-state index contributed by atoms with van der Waals surface area (Å²) < 4.78 is 5.36. The third-order valence-electron chi connectivity index (χ3n) is 3.99. The Morgan fingerprint density at radius 3 is 2.88 bits per heavy atom. The summed E-state index contributed by atoms with van der Waals surface area (Å²) in [6, 6.07) is 0.0457. The van der Waals surface area contributed by atoms with Gasteiger partial charge in [-0.3, -0.25) is 9.69 Å². The summed E-state index contributed by atoms with van der Waals surface area (Å²) in [5, 5.41) is 9.30. The van der Waals surface area contributed by atoms with E-state index < -0.39 is 5.97 Å². The third-order valence-corrected chi connectivity index (χ3v) is 3.99. The highest BCUT2D eigenvalue weighted by Crippen LogP contribution is 2.29. The van der Waals surface area contributed by atoms with Crippen LogP contribution in [0.2, 0.25) is 0 Å². The number of carboxylic acid groups (broad SMARTS) is 1. The maximum Gasteiger partial charge on any atom is 0.320 e. The van der Waals surface area contributed by atoms with E-state index in [1.807, 2.05) is 0 Å². The van der Waals surface area contributed by atoms with E-state index in [1.54, 1.807) is 0 Å². The van der Waals surface area contributed by atoms with Crippen molar-refractivity contribution in [3.63, 3.8) is 0 Å². The minimum absolute atomic E-state index is 0.287. The average molecular weight is 227 g/mol. The Kier molecular flexibility index (Phi) is 3.82. The molecule has 2 saturated heterocycles. The summed E-state index contributed by atoms with van der Waals surface area (Å²) >= 11 is 0. The van der Waals surface area contributed by atoms with Crippen LogP contribution in [0.3, 0.4) is 0 Å². The van der Waals surface area contributed by atoms with E-state index in [-0.39, 0.29) is 6.04 Å². The van der Waals surface area contributed by atoms with Crippen molar-refractivity contribution >= 4 is 5.97 Å². The Morgan fingerprint density at radius 2 is 2.31 bits per heavy atom. The van der Waals surface area contributed by atoms with Crippen LogP contribution in [-0.2, 0) is 9.53 Å². The van der Waals surface area contributed by atoms with Gasteiger partial charge in [0.1, 0.15) is 6.04 Å². The molecule has 0 aromatic heterocycles. The minimum atomic E-state index is -0.662. The van der Waals surface area contributed by atoms with E-state index in [2.05, 4.69) is 11.8 Å². The molecule has 3 unspecified atom stereocenters. The van der Waals surface area contributed by atoms with E-state index in [1.165, 1.54) is 0 Å². The molecule has 0 spiro atoms. The van der Waals surface area contributed by atoms with Crippen molar-refractivity contribution in [2.24, 2.45) is 5.92 Å². The summed E-state index contributed by atoms with van der Waals surface area (Å²) in [5.41, 5.74) is 0. The van der Waals surface area contributed by atoms with E-state index in [9.17, 15) is 9.90 Å². The molecule has 2 aliphatic rings. The number of carboxylic acids is 1. The SMILES string of the molecule is CCC1CCN(C2CCOC2)C(C(=O)O)C1. The summed E-state index contributed by atoms with van der Waals surface area (Å²) in [4.78, 5) is 13.5. The van der Waals surface area contributed by atoms with Gasteiger partial charge in [-0.05, 0) is 31.7 Å². The monoisotopic (exact) mass is 227 g/mol. The van der Waals surface area contributed by atoms with Crippen molar-refractivity contribution in [2.45, 2.75) is 44.7 Å². The van der Waals surface area contributed by atoms with E-state index >= 15 is 0 Å². The molecule has 2 rings (SSSR count). The van der Waals surface area contributed by atoms with Gasteiger partial charge < -0.3 is 9.84 Å². The highest BCUT2D eigenvalue weighted by Gasteiger charge is 2.37. The molecule has 2 heterocycles. The van der Waals surface area contributed by atoms with Gasteiger partial charge in [0.25, 0.3) is 0 Å². The average Bonchev–Trinajstić information content (AvgIpc) is 2.81. The zero-order valence-corrected chi connectivity index (χ0v) is 9.89. The van der Waals surface area contributed by atoms with Crippen molar-refractivity contribution in [3.05, 3.63) is 0 Å². The van der Waals surface area contributed by atoms with Crippen LogP contribution in [0.15, 0.2) is 0 Å². The molecule has 1 N–H and O–H groups in total. The fraction of sp³-hybridized carbons (Fsp3) is 0.917. The summed E-state index contributed by atoms with van der Waals surface area (Å²) in [7, 11) is 0. The maximum absolute atomic E-state index is 11.3. The van der Waals surface area contributed by atoms with Crippen LogP contribution in [0.4, 0.5) is 0 Å². The topological polar surface area (TPSA) is 49.8 Å². The lowest BCUT2D eigenvalue weighted by molar-refractivity contribution is -0.146. The third kappa shape index (κ3) is 2.38. The number of nitrogens with zero attached hydrogens (tertiary/aromatic N) is 1. The maximum atomic E-state index is 11.3.